The number of aliphatic hydroxyl groups excluding tert-OH is 1. The minimum absolute atomic E-state index is 0.0100. The van der Waals surface area contributed by atoms with Crippen LogP contribution in [0.2, 0.25) is 0 Å². The lowest BCUT2D eigenvalue weighted by atomic mass is 9.75. The maximum Gasteiger partial charge on any atom is 0.244 e. The SMILES string of the molecule is CCCCCN1C(=O)C(CO)(c2cc(Br)ccc2O)c2ccccc21. The van der Waals surface area contributed by atoms with Gasteiger partial charge < -0.3 is 15.1 Å². The molecule has 0 spiro atoms. The number of aliphatic hydroxyl groups is 1. The number of amides is 1. The zero-order valence-electron chi connectivity index (χ0n) is 14.2. The average molecular weight is 404 g/mol. The van der Waals surface area contributed by atoms with E-state index in [2.05, 4.69) is 22.9 Å². The molecule has 0 bridgehead atoms. The highest BCUT2D eigenvalue weighted by atomic mass is 79.9. The van der Waals surface area contributed by atoms with E-state index in [4.69, 9.17) is 0 Å². The van der Waals surface area contributed by atoms with Crippen molar-refractivity contribution in [2.45, 2.75) is 31.6 Å². The number of aromatic hydroxyl groups is 1. The van der Waals surface area contributed by atoms with Gasteiger partial charge in [0.2, 0.25) is 5.91 Å². The molecule has 0 aliphatic carbocycles. The summed E-state index contributed by atoms with van der Waals surface area (Å²) >= 11 is 3.41. The van der Waals surface area contributed by atoms with Gasteiger partial charge >= 0.3 is 0 Å². The molecule has 132 valence electrons. The molecule has 0 saturated heterocycles. The van der Waals surface area contributed by atoms with Crippen molar-refractivity contribution in [2.75, 3.05) is 18.1 Å². The Hall–Kier alpha value is -1.85. The summed E-state index contributed by atoms with van der Waals surface area (Å²) in [5.41, 5.74) is 0.723. The van der Waals surface area contributed by atoms with Gasteiger partial charge in [0.25, 0.3) is 0 Å². The number of rotatable bonds is 6. The van der Waals surface area contributed by atoms with Gasteiger partial charge in [-0.3, -0.25) is 4.79 Å². The van der Waals surface area contributed by atoms with Gasteiger partial charge in [0.1, 0.15) is 11.2 Å². The standard InChI is InChI=1S/C20H22BrNO3/c1-2-3-6-11-22-17-8-5-4-7-15(17)20(13-23,19(22)25)16-12-14(21)9-10-18(16)24/h4-5,7-10,12,23-24H,2-3,6,11,13H2,1H3. The number of carbonyl (C=O) groups excluding carboxylic acids is 1. The van der Waals surface area contributed by atoms with E-state index in [9.17, 15) is 15.0 Å². The first-order valence-electron chi connectivity index (χ1n) is 8.57. The maximum absolute atomic E-state index is 13.4. The topological polar surface area (TPSA) is 60.8 Å². The van der Waals surface area contributed by atoms with Gasteiger partial charge in [0.15, 0.2) is 0 Å². The quantitative estimate of drug-likeness (QED) is 0.717. The number of benzene rings is 2. The number of fused-ring (bicyclic) bond motifs is 1. The number of para-hydroxylation sites is 1. The summed E-state index contributed by atoms with van der Waals surface area (Å²) in [5, 5.41) is 20.8. The molecule has 0 radical (unpaired) electrons. The minimum Gasteiger partial charge on any atom is -0.508 e. The third-order valence-corrected chi connectivity index (χ3v) is 5.40. The van der Waals surface area contributed by atoms with Crippen LogP contribution in [0.3, 0.4) is 0 Å². The van der Waals surface area contributed by atoms with Crippen LogP contribution in [-0.2, 0) is 10.2 Å². The maximum atomic E-state index is 13.4. The van der Waals surface area contributed by atoms with E-state index in [-0.39, 0.29) is 11.7 Å². The highest BCUT2D eigenvalue weighted by molar-refractivity contribution is 9.10. The third kappa shape index (κ3) is 2.85. The lowest BCUT2D eigenvalue weighted by Gasteiger charge is -2.28. The zero-order chi connectivity index (χ0) is 18.0. The molecule has 1 atom stereocenters. The average Bonchev–Trinajstić information content (AvgIpc) is 2.86. The van der Waals surface area contributed by atoms with Crippen LogP contribution in [0.1, 0.15) is 37.3 Å². The van der Waals surface area contributed by atoms with Gasteiger partial charge in [-0.1, -0.05) is 53.9 Å². The van der Waals surface area contributed by atoms with Gasteiger partial charge in [0, 0.05) is 22.3 Å². The molecular weight excluding hydrogens is 382 g/mol. The molecule has 0 saturated carbocycles. The van der Waals surface area contributed by atoms with Gasteiger partial charge in [0.05, 0.1) is 6.61 Å². The number of phenolic OH excluding ortho intramolecular Hbond substituents is 1. The van der Waals surface area contributed by atoms with Crippen molar-refractivity contribution in [3.05, 3.63) is 58.1 Å². The lowest BCUT2D eigenvalue weighted by molar-refractivity contribution is -0.123. The molecular formula is C20H22BrNO3. The summed E-state index contributed by atoms with van der Waals surface area (Å²) in [4.78, 5) is 15.2. The van der Waals surface area contributed by atoms with Crippen molar-refractivity contribution in [3.8, 4) is 5.75 Å². The molecule has 0 aromatic heterocycles. The van der Waals surface area contributed by atoms with Crippen LogP contribution in [0.15, 0.2) is 46.9 Å². The second-order valence-electron chi connectivity index (χ2n) is 6.41. The summed E-state index contributed by atoms with van der Waals surface area (Å²) in [6, 6.07) is 12.5. The van der Waals surface area contributed by atoms with Gasteiger partial charge in [-0.05, 0) is 36.2 Å². The molecule has 2 aromatic carbocycles. The normalized spacial score (nSPS) is 19.3. The number of carbonyl (C=O) groups is 1. The van der Waals surface area contributed by atoms with Crippen molar-refractivity contribution in [1.82, 2.24) is 0 Å². The second kappa shape index (κ2) is 7.18. The highest BCUT2D eigenvalue weighted by Gasteiger charge is 2.52. The molecule has 2 aromatic rings. The molecule has 0 fully saturated rings. The predicted molar refractivity (Wildman–Crippen MR) is 102 cm³/mol. The Morgan fingerprint density at radius 1 is 1.12 bits per heavy atom. The Balaban J connectivity index is 2.16. The van der Waals surface area contributed by atoms with Crippen LogP contribution in [0.5, 0.6) is 5.75 Å². The van der Waals surface area contributed by atoms with E-state index < -0.39 is 12.0 Å². The van der Waals surface area contributed by atoms with E-state index in [0.717, 1.165) is 35.0 Å². The third-order valence-electron chi connectivity index (χ3n) is 4.91. The summed E-state index contributed by atoms with van der Waals surface area (Å²) in [7, 11) is 0. The number of nitrogens with zero attached hydrogens (tertiary/aromatic N) is 1. The molecule has 4 nitrogen and oxygen atoms in total. The van der Waals surface area contributed by atoms with Crippen LogP contribution in [0.4, 0.5) is 5.69 Å². The number of unbranched alkanes of at least 4 members (excludes halogenated alkanes) is 2. The van der Waals surface area contributed by atoms with Crippen LogP contribution in [-0.4, -0.2) is 29.3 Å². The summed E-state index contributed by atoms with van der Waals surface area (Å²) in [6.07, 6.45) is 3.02. The number of hydrogen-bond acceptors (Lipinski definition) is 3. The number of anilines is 1. The van der Waals surface area contributed by atoms with Gasteiger partial charge in [-0.15, -0.1) is 0 Å². The van der Waals surface area contributed by atoms with Gasteiger partial charge in [-0.2, -0.15) is 0 Å². The Kier molecular flexibility index (Phi) is 5.16. The Labute approximate surface area is 156 Å². The molecule has 1 amide bonds. The van der Waals surface area contributed by atoms with Crippen molar-refractivity contribution in [2.24, 2.45) is 0 Å². The Bertz CT molecular complexity index is 792. The minimum atomic E-state index is -1.27. The van der Waals surface area contributed by atoms with Crippen molar-refractivity contribution >= 4 is 27.5 Å². The number of hydrogen-bond donors (Lipinski definition) is 2. The zero-order valence-corrected chi connectivity index (χ0v) is 15.8. The van der Waals surface area contributed by atoms with Crippen LogP contribution in [0, 0.1) is 0 Å². The molecule has 25 heavy (non-hydrogen) atoms. The summed E-state index contributed by atoms with van der Waals surface area (Å²) in [5.74, 6) is -0.170. The van der Waals surface area contributed by atoms with Crippen LogP contribution in [0.25, 0.3) is 0 Å². The van der Waals surface area contributed by atoms with Crippen molar-refractivity contribution in [3.63, 3.8) is 0 Å². The van der Waals surface area contributed by atoms with E-state index in [0.29, 0.717) is 12.1 Å². The first kappa shape index (κ1) is 18.0. The summed E-state index contributed by atoms with van der Waals surface area (Å²) in [6.45, 7) is 2.34. The van der Waals surface area contributed by atoms with E-state index in [1.807, 2.05) is 24.3 Å². The second-order valence-corrected chi connectivity index (χ2v) is 7.32. The Morgan fingerprint density at radius 3 is 2.60 bits per heavy atom. The fraction of sp³-hybridized carbons (Fsp3) is 0.350. The largest absolute Gasteiger partial charge is 0.508 e. The van der Waals surface area contributed by atoms with Crippen molar-refractivity contribution < 1.29 is 15.0 Å². The molecule has 2 N–H and O–H groups in total. The van der Waals surface area contributed by atoms with Crippen LogP contribution < -0.4 is 4.90 Å². The predicted octanol–water partition coefficient (Wildman–Crippen LogP) is 3.97. The fourth-order valence-corrected chi connectivity index (χ4v) is 3.98. The molecule has 5 heteroatoms. The van der Waals surface area contributed by atoms with E-state index in [1.165, 1.54) is 0 Å². The lowest BCUT2D eigenvalue weighted by Crippen LogP contribution is -2.44. The first-order chi connectivity index (χ1) is 12.1. The monoisotopic (exact) mass is 403 g/mol. The number of halogens is 1. The van der Waals surface area contributed by atoms with Gasteiger partial charge in [-0.25, -0.2) is 0 Å². The smallest absolute Gasteiger partial charge is 0.244 e. The van der Waals surface area contributed by atoms with Crippen molar-refractivity contribution in [1.29, 1.82) is 0 Å². The first-order valence-corrected chi connectivity index (χ1v) is 9.37. The molecule has 3 rings (SSSR count). The fourth-order valence-electron chi connectivity index (χ4n) is 3.62. The molecule has 1 aliphatic rings. The van der Waals surface area contributed by atoms with E-state index >= 15 is 0 Å². The van der Waals surface area contributed by atoms with E-state index in [1.54, 1.807) is 23.1 Å². The highest BCUT2D eigenvalue weighted by Crippen LogP contribution is 2.48. The molecule has 1 unspecified atom stereocenters. The van der Waals surface area contributed by atoms with Crippen LogP contribution >= 0.6 is 15.9 Å². The summed E-state index contributed by atoms with van der Waals surface area (Å²) < 4.78 is 0.753. The number of phenols is 1. The molecule has 1 aliphatic heterocycles. The molecule has 1 heterocycles. The Morgan fingerprint density at radius 2 is 1.88 bits per heavy atom.